The van der Waals surface area contributed by atoms with Crippen LogP contribution in [0.1, 0.15) is 19.8 Å². The van der Waals surface area contributed by atoms with Crippen LogP contribution in [0.5, 0.6) is 0 Å². The van der Waals surface area contributed by atoms with Gasteiger partial charge in [0.05, 0.1) is 10.8 Å². The lowest BCUT2D eigenvalue weighted by molar-refractivity contribution is -0.130. The molecular weight excluding hydrogens is 327 g/mol. The molecule has 1 aromatic carbocycles. The van der Waals surface area contributed by atoms with E-state index in [9.17, 15) is 4.79 Å². The zero-order valence-corrected chi connectivity index (χ0v) is 14.6. The second-order valence-electron chi connectivity index (χ2n) is 4.95. The largest absolute Gasteiger partial charge is 0.338 e. The maximum Gasteiger partial charge on any atom is 0.233 e. The van der Waals surface area contributed by atoms with E-state index in [1.54, 1.807) is 0 Å². The summed E-state index contributed by atoms with van der Waals surface area (Å²) >= 11 is 7.64. The molecule has 1 amide bonds. The molecule has 0 aliphatic carbocycles. The summed E-state index contributed by atoms with van der Waals surface area (Å²) in [7, 11) is 0. The Morgan fingerprint density at radius 2 is 2.24 bits per heavy atom. The predicted molar refractivity (Wildman–Crippen MR) is 92.7 cm³/mol. The molecule has 0 saturated carbocycles. The summed E-state index contributed by atoms with van der Waals surface area (Å²) < 4.78 is 0. The van der Waals surface area contributed by atoms with Crippen LogP contribution in [0.15, 0.2) is 29.2 Å². The summed E-state index contributed by atoms with van der Waals surface area (Å²) in [4.78, 5) is 15.4. The van der Waals surface area contributed by atoms with Crippen molar-refractivity contribution in [3.8, 4) is 0 Å². The van der Waals surface area contributed by atoms with Gasteiger partial charge in [-0.2, -0.15) is 0 Å². The average molecular weight is 349 g/mol. The number of nitrogens with zero attached hydrogens (tertiary/aromatic N) is 1. The number of benzene rings is 1. The van der Waals surface area contributed by atoms with Crippen molar-refractivity contribution in [1.29, 1.82) is 0 Å². The summed E-state index contributed by atoms with van der Waals surface area (Å²) in [5, 5.41) is 4.04. The molecule has 118 valence electrons. The van der Waals surface area contributed by atoms with Crippen molar-refractivity contribution in [1.82, 2.24) is 10.2 Å². The van der Waals surface area contributed by atoms with Gasteiger partial charge in [-0.25, -0.2) is 0 Å². The highest BCUT2D eigenvalue weighted by molar-refractivity contribution is 8.00. The molecule has 21 heavy (non-hydrogen) atoms. The van der Waals surface area contributed by atoms with Crippen LogP contribution in [0.3, 0.4) is 0 Å². The monoisotopic (exact) mass is 348 g/mol. The lowest BCUT2D eigenvalue weighted by Gasteiger charge is -2.28. The van der Waals surface area contributed by atoms with E-state index < -0.39 is 0 Å². The van der Waals surface area contributed by atoms with Crippen LogP contribution in [0.4, 0.5) is 0 Å². The summed E-state index contributed by atoms with van der Waals surface area (Å²) in [5.41, 5.74) is 0. The van der Waals surface area contributed by atoms with Crippen LogP contribution in [-0.2, 0) is 4.79 Å². The van der Waals surface area contributed by atoms with Crippen LogP contribution in [-0.4, -0.2) is 42.2 Å². The Balaban J connectivity index is 0.00000220. The minimum atomic E-state index is 0. The fourth-order valence-electron chi connectivity index (χ4n) is 2.44. The molecule has 1 aliphatic heterocycles. The number of thioether (sulfide) groups is 1. The van der Waals surface area contributed by atoms with Gasteiger partial charge in [-0.05, 0) is 31.5 Å². The lowest BCUT2D eigenvalue weighted by atomic mass is 10.2. The number of rotatable bonds is 6. The van der Waals surface area contributed by atoms with Gasteiger partial charge >= 0.3 is 0 Å². The van der Waals surface area contributed by atoms with Gasteiger partial charge in [-0.1, -0.05) is 30.7 Å². The Hall–Kier alpha value is -0.420. The van der Waals surface area contributed by atoms with E-state index in [0.29, 0.717) is 11.8 Å². The topological polar surface area (TPSA) is 32.3 Å². The first kappa shape index (κ1) is 18.6. The minimum absolute atomic E-state index is 0. The van der Waals surface area contributed by atoms with Gasteiger partial charge in [0.25, 0.3) is 0 Å². The van der Waals surface area contributed by atoms with E-state index in [2.05, 4.69) is 12.2 Å². The Bertz CT molecular complexity index is 453. The number of hydrogen-bond donors (Lipinski definition) is 1. The van der Waals surface area contributed by atoms with Crippen LogP contribution in [0.25, 0.3) is 0 Å². The molecule has 3 nitrogen and oxygen atoms in total. The molecule has 1 atom stereocenters. The van der Waals surface area contributed by atoms with Crippen molar-refractivity contribution < 1.29 is 4.79 Å². The van der Waals surface area contributed by atoms with Crippen LogP contribution < -0.4 is 5.32 Å². The quantitative estimate of drug-likeness (QED) is 0.799. The van der Waals surface area contributed by atoms with Crippen LogP contribution >= 0.6 is 35.8 Å². The maximum absolute atomic E-state index is 12.4. The Kier molecular flexibility index (Phi) is 8.49. The first-order chi connectivity index (χ1) is 9.72. The fraction of sp³-hybridized carbons (Fsp3) is 0.533. The number of carbonyl (C=O) groups is 1. The molecule has 6 heteroatoms. The van der Waals surface area contributed by atoms with Gasteiger partial charge in [0.15, 0.2) is 0 Å². The SMILES string of the molecule is CCCN(C(=O)CSc1ccccc1Cl)C1CCNC1.Cl. The molecule has 0 aromatic heterocycles. The molecule has 1 unspecified atom stereocenters. The van der Waals surface area contributed by atoms with Crippen molar-refractivity contribution in [2.45, 2.75) is 30.7 Å². The predicted octanol–water partition coefficient (Wildman–Crippen LogP) is 3.45. The summed E-state index contributed by atoms with van der Waals surface area (Å²) in [6.07, 6.45) is 2.06. The summed E-state index contributed by atoms with van der Waals surface area (Å²) in [6, 6.07) is 8.03. The summed E-state index contributed by atoms with van der Waals surface area (Å²) in [5.74, 6) is 0.672. The minimum Gasteiger partial charge on any atom is -0.338 e. The fourth-order valence-corrected chi connectivity index (χ4v) is 3.57. The maximum atomic E-state index is 12.4. The number of halogens is 2. The first-order valence-corrected chi connectivity index (χ1v) is 8.46. The van der Waals surface area contributed by atoms with Crippen molar-refractivity contribution in [2.75, 3.05) is 25.4 Å². The highest BCUT2D eigenvalue weighted by Crippen LogP contribution is 2.27. The summed E-state index contributed by atoms with van der Waals surface area (Å²) in [6.45, 7) is 4.89. The van der Waals surface area contributed by atoms with Crippen molar-refractivity contribution in [2.24, 2.45) is 0 Å². The molecule has 1 saturated heterocycles. The zero-order valence-electron chi connectivity index (χ0n) is 12.2. The van der Waals surface area contributed by atoms with Crippen LogP contribution in [0, 0.1) is 0 Å². The van der Waals surface area contributed by atoms with E-state index in [0.717, 1.165) is 42.4 Å². The van der Waals surface area contributed by atoms with Gasteiger partial charge in [-0.3, -0.25) is 4.79 Å². The lowest BCUT2D eigenvalue weighted by Crippen LogP contribution is -2.43. The molecule has 0 radical (unpaired) electrons. The van der Waals surface area contributed by atoms with E-state index in [4.69, 9.17) is 11.6 Å². The van der Waals surface area contributed by atoms with Gasteiger partial charge in [-0.15, -0.1) is 24.2 Å². The highest BCUT2D eigenvalue weighted by atomic mass is 35.5. The molecule has 0 spiro atoms. The third-order valence-electron chi connectivity index (χ3n) is 3.45. The van der Waals surface area contributed by atoms with Crippen molar-refractivity contribution in [3.63, 3.8) is 0 Å². The standard InChI is InChI=1S/C15H21ClN2OS.ClH/c1-2-9-18(12-7-8-17-10-12)15(19)11-20-14-6-4-3-5-13(14)16;/h3-6,12,17H,2,7-11H2,1H3;1H. The Morgan fingerprint density at radius 3 is 2.86 bits per heavy atom. The number of nitrogens with one attached hydrogen (secondary N) is 1. The van der Waals surface area contributed by atoms with Crippen molar-refractivity contribution >= 4 is 41.7 Å². The van der Waals surface area contributed by atoms with E-state index >= 15 is 0 Å². The average Bonchev–Trinajstić information content (AvgIpc) is 2.97. The molecule has 1 fully saturated rings. The second kappa shape index (κ2) is 9.57. The number of amides is 1. The van der Waals surface area contributed by atoms with E-state index in [1.165, 1.54) is 11.8 Å². The highest BCUT2D eigenvalue weighted by Gasteiger charge is 2.25. The molecule has 1 aromatic rings. The molecule has 0 bridgehead atoms. The molecule has 1 aliphatic rings. The van der Waals surface area contributed by atoms with Gasteiger partial charge < -0.3 is 10.2 Å². The third kappa shape index (κ3) is 5.37. The van der Waals surface area contributed by atoms with E-state index in [1.807, 2.05) is 29.2 Å². The second-order valence-corrected chi connectivity index (χ2v) is 6.38. The molecular formula is C15H22Cl2N2OS. The first-order valence-electron chi connectivity index (χ1n) is 7.10. The molecule has 1 heterocycles. The third-order valence-corrected chi connectivity index (χ3v) is 4.95. The zero-order chi connectivity index (χ0) is 14.4. The number of carbonyl (C=O) groups excluding carboxylic acids is 1. The van der Waals surface area contributed by atoms with Crippen molar-refractivity contribution in [3.05, 3.63) is 29.3 Å². The Morgan fingerprint density at radius 1 is 1.48 bits per heavy atom. The van der Waals surface area contributed by atoms with Crippen LogP contribution in [0.2, 0.25) is 5.02 Å². The van der Waals surface area contributed by atoms with E-state index in [-0.39, 0.29) is 18.3 Å². The van der Waals surface area contributed by atoms with Gasteiger partial charge in [0.2, 0.25) is 5.91 Å². The van der Waals surface area contributed by atoms with Gasteiger partial charge in [0, 0.05) is 24.0 Å². The van der Waals surface area contributed by atoms with Gasteiger partial charge in [0.1, 0.15) is 0 Å². The molecule has 1 N–H and O–H groups in total. The normalized spacial score (nSPS) is 17.3. The Labute approximate surface area is 142 Å². The number of hydrogen-bond acceptors (Lipinski definition) is 3. The molecule has 2 rings (SSSR count). The smallest absolute Gasteiger partial charge is 0.233 e.